The third kappa shape index (κ3) is 2.46. The van der Waals surface area contributed by atoms with Crippen LogP contribution in [0.5, 0.6) is 0 Å². The van der Waals surface area contributed by atoms with Gasteiger partial charge in [-0.2, -0.15) is 0 Å². The van der Waals surface area contributed by atoms with Gasteiger partial charge in [-0.3, -0.25) is 9.69 Å². The van der Waals surface area contributed by atoms with Crippen LogP contribution in [0.1, 0.15) is 19.3 Å². The molecule has 0 aliphatic carbocycles. The van der Waals surface area contributed by atoms with Crippen molar-refractivity contribution >= 4 is 5.91 Å². The molecule has 1 aliphatic rings. The average Bonchev–Trinajstić information content (AvgIpc) is 2.47. The van der Waals surface area contributed by atoms with Gasteiger partial charge in [0.05, 0.1) is 6.61 Å². The van der Waals surface area contributed by atoms with E-state index in [4.69, 9.17) is 10.8 Å². The normalized spacial score (nSPS) is 24.6. The lowest BCUT2D eigenvalue weighted by atomic mass is 10.2. The van der Waals surface area contributed by atoms with Crippen LogP contribution in [-0.4, -0.2) is 41.7 Å². The van der Waals surface area contributed by atoms with E-state index in [0.717, 1.165) is 19.4 Å². The number of aliphatic hydroxyl groups is 1. The zero-order valence-corrected chi connectivity index (χ0v) is 7.20. The Morgan fingerprint density at radius 3 is 3.00 bits per heavy atom. The van der Waals surface area contributed by atoms with Crippen molar-refractivity contribution in [2.75, 3.05) is 19.7 Å². The topological polar surface area (TPSA) is 66.6 Å². The molecule has 1 rings (SSSR count). The lowest BCUT2D eigenvalue weighted by Crippen LogP contribution is -2.34. The molecule has 1 saturated heterocycles. The summed E-state index contributed by atoms with van der Waals surface area (Å²) in [5.74, 6) is -0.265. The number of primary amides is 1. The van der Waals surface area contributed by atoms with Gasteiger partial charge in [0.1, 0.15) is 0 Å². The Labute approximate surface area is 72.3 Å². The highest BCUT2D eigenvalue weighted by Gasteiger charge is 2.23. The van der Waals surface area contributed by atoms with Crippen molar-refractivity contribution in [3.8, 4) is 0 Å². The molecule has 1 atom stereocenters. The molecule has 4 heteroatoms. The van der Waals surface area contributed by atoms with E-state index in [-0.39, 0.29) is 18.6 Å². The van der Waals surface area contributed by atoms with Gasteiger partial charge < -0.3 is 10.8 Å². The van der Waals surface area contributed by atoms with Gasteiger partial charge in [-0.1, -0.05) is 0 Å². The van der Waals surface area contributed by atoms with E-state index in [1.165, 1.54) is 0 Å². The first-order valence-corrected chi connectivity index (χ1v) is 4.37. The Balaban J connectivity index is 2.26. The molecule has 1 aliphatic heterocycles. The highest BCUT2D eigenvalue weighted by atomic mass is 16.3. The predicted molar refractivity (Wildman–Crippen MR) is 45.5 cm³/mol. The fourth-order valence-corrected chi connectivity index (χ4v) is 1.65. The monoisotopic (exact) mass is 172 g/mol. The Morgan fingerprint density at radius 1 is 1.67 bits per heavy atom. The van der Waals surface area contributed by atoms with Gasteiger partial charge in [-0.25, -0.2) is 0 Å². The van der Waals surface area contributed by atoms with Crippen molar-refractivity contribution in [2.45, 2.75) is 25.3 Å². The maximum Gasteiger partial charge on any atom is 0.218 e. The van der Waals surface area contributed by atoms with Crippen molar-refractivity contribution < 1.29 is 9.90 Å². The molecular weight excluding hydrogens is 156 g/mol. The van der Waals surface area contributed by atoms with Crippen molar-refractivity contribution in [2.24, 2.45) is 5.73 Å². The maximum absolute atomic E-state index is 10.5. The fourth-order valence-electron chi connectivity index (χ4n) is 1.65. The number of likely N-dealkylation sites (tertiary alicyclic amines) is 1. The molecule has 1 amide bonds. The summed E-state index contributed by atoms with van der Waals surface area (Å²) in [6.45, 7) is 1.87. The minimum atomic E-state index is -0.265. The van der Waals surface area contributed by atoms with Crippen LogP contribution in [-0.2, 0) is 4.79 Å². The molecule has 1 fully saturated rings. The van der Waals surface area contributed by atoms with Crippen LogP contribution >= 0.6 is 0 Å². The Kier molecular flexibility index (Phi) is 3.49. The van der Waals surface area contributed by atoms with Crippen LogP contribution in [0.15, 0.2) is 0 Å². The summed E-state index contributed by atoms with van der Waals surface area (Å²) in [4.78, 5) is 12.6. The summed E-state index contributed by atoms with van der Waals surface area (Å²) < 4.78 is 0. The molecule has 12 heavy (non-hydrogen) atoms. The Hall–Kier alpha value is -0.610. The second-order valence-corrected chi connectivity index (χ2v) is 3.23. The number of carbonyl (C=O) groups excluding carboxylic acids is 1. The van der Waals surface area contributed by atoms with Crippen LogP contribution in [0.2, 0.25) is 0 Å². The van der Waals surface area contributed by atoms with Crippen molar-refractivity contribution in [3.63, 3.8) is 0 Å². The van der Waals surface area contributed by atoms with Gasteiger partial charge in [-0.05, 0) is 19.4 Å². The number of hydrogen-bond acceptors (Lipinski definition) is 3. The highest BCUT2D eigenvalue weighted by molar-refractivity contribution is 5.73. The van der Waals surface area contributed by atoms with Gasteiger partial charge in [0.15, 0.2) is 0 Å². The van der Waals surface area contributed by atoms with Crippen LogP contribution < -0.4 is 5.73 Å². The summed E-state index contributed by atoms with van der Waals surface area (Å²) >= 11 is 0. The largest absolute Gasteiger partial charge is 0.395 e. The zero-order valence-electron chi connectivity index (χ0n) is 7.20. The van der Waals surface area contributed by atoms with Crippen LogP contribution in [0, 0.1) is 0 Å². The summed E-state index contributed by atoms with van der Waals surface area (Å²) in [5, 5.41) is 8.94. The van der Waals surface area contributed by atoms with Crippen molar-refractivity contribution in [1.82, 2.24) is 4.90 Å². The molecule has 0 unspecified atom stereocenters. The fraction of sp³-hybridized carbons (Fsp3) is 0.875. The first-order valence-electron chi connectivity index (χ1n) is 4.37. The van der Waals surface area contributed by atoms with Gasteiger partial charge in [0.25, 0.3) is 0 Å². The van der Waals surface area contributed by atoms with E-state index in [0.29, 0.717) is 13.0 Å². The summed E-state index contributed by atoms with van der Waals surface area (Å²) in [6.07, 6.45) is 2.55. The molecule has 0 aromatic rings. The number of amides is 1. The van der Waals surface area contributed by atoms with Crippen LogP contribution in [0.3, 0.4) is 0 Å². The number of nitrogens with two attached hydrogens (primary N) is 1. The molecule has 1 heterocycles. The average molecular weight is 172 g/mol. The van der Waals surface area contributed by atoms with Crippen LogP contribution in [0.25, 0.3) is 0 Å². The number of aliphatic hydroxyl groups excluding tert-OH is 1. The number of hydrogen-bond donors (Lipinski definition) is 2. The van der Waals surface area contributed by atoms with E-state index < -0.39 is 0 Å². The molecule has 0 radical (unpaired) electrons. The third-order valence-electron chi connectivity index (χ3n) is 2.36. The lowest BCUT2D eigenvalue weighted by molar-refractivity contribution is -0.118. The Bertz CT molecular complexity index is 161. The quantitative estimate of drug-likeness (QED) is 0.590. The molecule has 0 aromatic heterocycles. The standard InChI is InChI=1S/C8H16N2O2/c9-8(12)3-5-10-4-1-2-7(10)6-11/h7,11H,1-6H2,(H2,9,12)/t7-/m0/s1. The summed E-state index contributed by atoms with van der Waals surface area (Å²) in [6, 6.07) is 0.254. The Morgan fingerprint density at radius 2 is 2.42 bits per heavy atom. The molecule has 0 spiro atoms. The minimum absolute atomic E-state index is 0.193. The number of nitrogens with zero attached hydrogens (tertiary/aromatic N) is 1. The highest BCUT2D eigenvalue weighted by Crippen LogP contribution is 2.16. The van der Waals surface area contributed by atoms with E-state index in [2.05, 4.69) is 4.90 Å². The molecular formula is C8H16N2O2. The second-order valence-electron chi connectivity index (χ2n) is 3.23. The lowest BCUT2D eigenvalue weighted by Gasteiger charge is -2.21. The first kappa shape index (κ1) is 9.48. The third-order valence-corrected chi connectivity index (χ3v) is 2.36. The smallest absolute Gasteiger partial charge is 0.218 e. The van der Waals surface area contributed by atoms with E-state index in [9.17, 15) is 4.79 Å². The summed E-state index contributed by atoms with van der Waals surface area (Å²) in [7, 11) is 0. The predicted octanol–water partition coefficient (Wildman–Crippen LogP) is -0.681. The molecule has 3 N–H and O–H groups in total. The molecule has 70 valence electrons. The van der Waals surface area contributed by atoms with Gasteiger partial charge >= 0.3 is 0 Å². The molecule has 0 aromatic carbocycles. The van der Waals surface area contributed by atoms with Gasteiger partial charge in [0, 0.05) is 19.0 Å². The molecule has 0 saturated carbocycles. The maximum atomic E-state index is 10.5. The van der Waals surface area contributed by atoms with Crippen molar-refractivity contribution in [3.05, 3.63) is 0 Å². The van der Waals surface area contributed by atoms with Crippen LogP contribution in [0.4, 0.5) is 0 Å². The minimum Gasteiger partial charge on any atom is -0.395 e. The van der Waals surface area contributed by atoms with E-state index >= 15 is 0 Å². The zero-order chi connectivity index (χ0) is 8.97. The van der Waals surface area contributed by atoms with Gasteiger partial charge in [-0.15, -0.1) is 0 Å². The first-order chi connectivity index (χ1) is 5.74. The van der Waals surface area contributed by atoms with E-state index in [1.807, 2.05) is 0 Å². The summed E-state index contributed by atoms with van der Waals surface area (Å²) in [5.41, 5.74) is 5.03. The van der Waals surface area contributed by atoms with E-state index in [1.54, 1.807) is 0 Å². The molecule has 0 bridgehead atoms. The number of rotatable bonds is 4. The van der Waals surface area contributed by atoms with Crippen molar-refractivity contribution in [1.29, 1.82) is 0 Å². The van der Waals surface area contributed by atoms with Gasteiger partial charge in [0.2, 0.25) is 5.91 Å². The molecule has 4 nitrogen and oxygen atoms in total. The second kappa shape index (κ2) is 4.42. The SMILES string of the molecule is NC(=O)CCN1CCC[C@H]1CO. The number of carbonyl (C=O) groups is 1.